The highest BCUT2D eigenvalue weighted by Crippen LogP contribution is 2.29. The van der Waals surface area contributed by atoms with Crippen molar-refractivity contribution in [1.29, 1.82) is 0 Å². The van der Waals surface area contributed by atoms with Crippen LogP contribution in [0.4, 0.5) is 5.69 Å². The molecule has 3 heteroatoms. The van der Waals surface area contributed by atoms with Crippen LogP contribution in [0.5, 0.6) is 0 Å². The van der Waals surface area contributed by atoms with E-state index in [4.69, 9.17) is 4.74 Å². The molecule has 0 amide bonds. The second-order valence-electron chi connectivity index (χ2n) is 5.26. The lowest BCUT2D eigenvalue weighted by atomic mass is 10.0. The van der Waals surface area contributed by atoms with E-state index in [0.29, 0.717) is 0 Å². The van der Waals surface area contributed by atoms with Crippen LogP contribution in [0.25, 0.3) is 0 Å². The van der Waals surface area contributed by atoms with Gasteiger partial charge in [-0.15, -0.1) is 0 Å². The summed E-state index contributed by atoms with van der Waals surface area (Å²) in [4.78, 5) is 2.30. The van der Waals surface area contributed by atoms with Gasteiger partial charge in [-0.05, 0) is 26.8 Å². The summed E-state index contributed by atoms with van der Waals surface area (Å²) >= 11 is 0. The van der Waals surface area contributed by atoms with Crippen LogP contribution in [-0.4, -0.2) is 30.4 Å². The van der Waals surface area contributed by atoms with Gasteiger partial charge in [0.05, 0.1) is 18.3 Å². The average Bonchev–Trinajstić information content (AvgIpc) is 2.27. The molecule has 1 aliphatic rings. The van der Waals surface area contributed by atoms with Crippen LogP contribution >= 0.6 is 0 Å². The van der Waals surface area contributed by atoms with E-state index in [-0.39, 0.29) is 5.60 Å². The summed E-state index contributed by atoms with van der Waals surface area (Å²) in [5, 5.41) is 9.81. The van der Waals surface area contributed by atoms with Crippen molar-refractivity contribution < 1.29 is 9.84 Å². The lowest BCUT2D eigenvalue weighted by Gasteiger charge is -2.40. The maximum Gasteiger partial charge on any atom is 0.0801 e. The predicted molar refractivity (Wildman–Crippen MR) is 69.3 cm³/mol. The second kappa shape index (κ2) is 4.67. The summed E-state index contributed by atoms with van der Waals surface area (Å²) < 4.78 is 5.71. The number of rotatable bonds is 2. The van der Waals surface area contributed by atoms with Crippen molar-refractivity contribution in [3.63, 3.8) is 0 Å². The molecule has 1 atom stereocenters. The molecule has 2 rings (SSSR count). The van der Waals surface area contributed by atoms with Crippen molar-refractivity contribution in [3.05, 3.63) is 29.8 Å². The van der Waals surface area contributed by atoms with Crippen molar-refractivity contribution in [2.24, 2.45) is 0 Å². The molecule has 0 aromatic heterocycles. The van der Waals surface area contributed by atoms with Gasteiger partial charge in [-0.2, -0.15) is 0 Å². The normalized spacial score (nSPS) is 21.3. The number of hydrogen-bond donors (Lipinski definition) is 1. The van der Waals surface area contributed by atoms with Crippen LogP contribution in [0.1, 0.15) is 32.4 Å². The SMILES string of the molecule is C[C@H](O)c1ccccc1N1CCOC(C)(C)C1. The Morgan fingerprint density at radius 1 is 1.35 bits per heavy atom. The highest BCUT2D eigenvalue weighted by molar-refractivity contribution is 5.55. The monoisotopic (exact) mass is 235 g/mol. The highest BCUT2D eigenvalue weighted by Gasteiger charge is 2.28. The third-order valence-corrected chi connectivity index (χ3v) is 3.15. The number of hydrogen-bond acceptors (Lipinski definition) is 3. The van der Waals surface area contributed by atoms with Gasteiger partial charge in [-0.3, -0.25) is 0 Å². The van der Waals surface area contributed by atoms with E-state index < -0.39 is 6.10 Å². The van der Waals surface area contributed by atoms with Crippen LogP contribution in [-0.2, 0) is 4.74 Å². The van der Waals surface area contributed by atoms with Crippen LogP contribution in [0.3, 0.4) is 0 Å². The Labute approximate surface area is 103 Å². The molecule has 1 aromatic carbocycles. The number of morpholine rings is 1. The molecule has 1 aromatic rings. The number of nitrogens with zero attached hydrogens (tertiary/aromatic N) is 1. The van der Waals surface area contributed by atoms with E-state index in [2.05, 4.69) is 24.8 Å². The number of para-hydroxylation sites is 1. The van der Waals surface area contributed by atoms with Crippen molar-refractivity contribution in [1.82, 2.24) is 0 Å². The Morgan fingerprint density at radius 2 is 2.06 bits per heavy atom. The van der Waals surface area contributed by atoms with E-state index in [1.807, 2.05) is 25.1 Å². The Morgan fingerprint density at radius 3 is 2.71 bits per heavy atom. The zero-order valence-electron chi connectivity index (χ0n) is 10.8. The van der Waals surface area contributed by atoms with E-state index >= 15 is 0 Å². The van der Waals surface area contributed by atoms with E-state index in [1.165, 1.54) is 0 Å². The van der Waals surface area contributed by atoms with Crippen molar-refractivity contribution in [2.45, 2.75) is 32.5 Å². The molecule has 1 N–H and O–H groups in total. The molecular formula is C14H21NO2. The topological polar surface area (TPSA) is 32.7 Å². The first-order valence-electron chi connectivity index (χ1n) is 6.15. The number of anilines is 1. The maximum atomic E-state index is 9.81. The third kappa shape index (κ3) is 2.79. The van der Waals surface area contributed by atoms with Crippen LogP contribution in [0.2, 0.25) is 0 Å². The first-order valence-corrected chi connectivity index (χ1v) is 6.15. The molecule has 1 fully saturated rings. The molecule has 3 nitrogen and oxygen atoms in total. The van der Waals surface area contributed by atoms with Gasteiger partial charge in [0, 0.05) is 24.3 Å². The van der Waals surface area contributed by atoms with Gasteiger partial charge in [0.15, 0.2) is 0 Å². The minimum Gasteiger partial charge on any atom is -0.389 e. The summed E-state index contributed by atoms with van der Waals surface area (Å²) in [6.45, 7) is 8.49. The van der Waals surface area contributed by atoms with Crippen LogP contribution in [0, 0.1) is 0 Å². The number of aliphatic hydroxyl groups excluding tert-OH is 1. The average molecular weight is 235 g/mol. The smallest absolute Gasteiger partial charge is 0.0801 e. The molecule has 0 radical (unpaired) electrons. The molecule has 0 unspecified atom stereocenters. The summed E-state index contributed by atoms with van der Waals surface area (Å²) in [6.07, 6.45) is -0.433. The number of aliphatic hydroxyl groups is 1. The molecule has 1 aliphatic heterocycles. The van der Waals surface area contributed by atoms with Gasteiger partial charge >= 0.3 is 0 Å². The minimum absolute atomic E-state index is 0.121. The van der Waals surface area contributed by atoms with E-state index in [9.17, 15) is 5.11 Å². The molecule has 0 aliphatic carbocycles. The first-order chi connectivity index (χ1) is 7.99. The van der Waals surface area contributed by atoms with Crippen LogP contribution in [0.15, 0.2) is 24.3 Å². The second-order valence-corrected chi connectivity index (χ2v) is 5.26. The van der Waals surface area contributed by atoms with Gasteiger partial charge in [-0.1, -0.05) is 18.2 Å². The van der Waals surface area contributed by atoms with Crippen molar-refractivity contribution >= 4 is 5.69 Å². The fourth-order valence-electron chi connectivity index (χ4n) is 2.35. The molecule has 1 saturated heterocycles. The first kappa shape index (κ1) is 12.4. The molecular weight excluding hydrogens is 214 g/mol. The van der Waals surface area contributed by atoms with Gasteiger partial charge < -0.3 is 14.7 Å². The maximum absolute atomic E-state index is 9.81. The Kier molecular flexibility index (Phi) is 3.40. The van der Waals surface area contributed by atoms with E-state index in [0.717, 1.165) is 30.9 Å². The molecule has 0 spiro atoms. The largest absolute Gasteiger partial charge is 0.389 e. The van der Waals surface area contributed by atoms with Crippen molar-refractivity contribution in [2.75, 3.05) is 24.6 Å². The highest BCUT2D eigenvalue weighted by atomic mass is 16.5. The summed E-state index contributed by atoms with van der Waals surface area (Å²) in [5.41, 5.74) is 1.99. The summed E-state index contributed by atoms with van der Waals surface area (Å²) in [6, 6.07) is 8.05. The summed E-state index contributed by atoms with van der Waals surface area (Å²) in [5.74, 6) is 0. The van der Waals surface area contributed by atoms with Gasteiger partial charge in [0.2, 0.25) is 0 Å². The van der Waals surface area contributed by atoms with E-state index in [1.54, 1.807) is 0 Å². The van der Waals surface area contributed by atoms with Crippen molar-refractivity contribution in [3.8, 4) is 0 Å². The Balaban J connectivity index is 2.27. The molecule has 0 bridgehead atoms. The van der Waals surface area contributed by atoms with Crippen LogP contribution < -0.4 is 4.90 Å². The predicted octanol–water partition coefficient (Wildman–Crippen LogP) is 2.36. The molecule has 94 valence electrons. The summed E-state index contributed by atoms with van der Waals surface area (Å²) in [7, 11) is 0. The van der Waals surface area contributed by atoms with Gasteiger partial charge in [-0.25, -0.2) is 0 Å². The van der Waals surface area contributed by atoms with Gasteiger partial charge in [0.25, 0.3) is 0 Å². The van der Waals surface area contributed by atoms with Gasteiger partial charge in [0.1, 0.15) is 0 Å². The lowest BCUT2D eigenvalue weighted by Crippen LogP contribution is -2.48. The lowest BCUT2D eigenvalue weighted by molar-refractivity contribution is -0.0278. The Hall–Kier alpha value is -1.06. The Bertz CT molecular complexity index is 388. The third-order valence-electron chi connectivity index (χ3n) is 3.15. The molecule has 17 heavy (non-hydrogen) atoms. The fourth-order valence-corrected chi connectivity index (χ4v) is 2.35. The number of benzene rings is 1. The zero-order chi connectivity index (χ0) is 12.5. The fraction of sp³-hybridized carbons (Fsp3) is 0.571. The quantitative estimate of drug-likeness (QED) is 0.854. The standard InChI is InChI=1S/C14H21NO2/c1-11(16)12-6-4-5-7-13(12)15-8-9-17-14(2,3)10-15/h4-7,11,16H,8-10H2,1-3H3/t11-/m0/s1. The molecule has 0 saturated carbocycles. The molecule has 1 heterocycles. The minimum atomic E-state index is -0.433. The number of ether oxygens (including phenoxy) is 1. The zero-order valence-corrected chi connectivity index (χ0v) is 10.8.